The van der Waals surface area contributed by atoms with E-state index in [2.05, 4.69) is 10.3 Å². The van der Waals surface area contributed by atoms with E-state index in [4.69, 9.17) is 5.73 Å². The molecule has 0 radical (unpaired) electrons. The number of halogens is 6. The molecular weight excluding hydrogens is 416 g/mol. The Hall–Kier alpha value is -2.66. The van der Waals surface area contributed by atoms with Crippen molar-refractivity contribution in [3.05, 3.63) is 53.0 Å². The van der Waals surface area contributed by atoms with Crippen LogP contribution in [-0.4, -0.2) is 28.7 Å². The van der Waals surface area contributed by atoms with Crippen molar-refractivity contribution in [3.63, 3.8) is 0 Å². The van der Waals surface area contributed by atoms with Gasteiger partial charge in [0, 0.05) is 19.0 Å². The molecule has 0 aliphatic carbocycles. The summed E-state index contributed by atoms with van der Waals surface area (Å²) in [6.07, 6.45) is -5.46. The monoisotopic (exact) mass is 435 g/mol. The van der Waals surface area contributed by atoms with Gasteiger partial charge in [-0.15, -0.1) is 0 Å². The minimum atomic E-state index is -5.46. The minimum absolute atomic E-state index is 0.184. The molecule has 0 aliphatic heterocycles. The number of hydrogen-bond donors (Lipinski definition) is 3. The molecule has 1 heterocycles. The van der Waals surface area contributed by atoms with E-state index in [1.54, 1.807) is 0 Å². The summed E-state index contributed by atoms with van der Waals surface area (Å²) >= 11 is 0. The van der Waals surface area contributed by atoms with Crippen LogP contribution in [0.15, 0.2) is 24.3 Å². The second-order valence-corrected chi connectivity index (χ2v) is 7.19. The van der Waals surface area contributed by atoms with Crippen molar-refractivity contribution in [2.45, 2.75) is 38.1 Å². The number of pyridine rings is 1. The molecule has 164 valence electrons. The lowest BCUT2D eigenvalue weighted by Crippen LogP contribution is -2.50. The van der Waals surface area contributed by atoms with Crippen LogP contribution in [0.3, 0.4) is 0 Å². The number of aromatic nitrogens is 1. The van der Waals surface area contributed by atoms with Gasteiger partial charge in [-0.2, -0.15) is 13.2 Å². The van der Waals surface area contributed by atoms with Crippen LogP contribution in [0.1, 0.15) is 32.0 Å². The highest BCUT2D eigenvalue weighted by Gasteiger charge is 2.57. The van der Waals surface area contributed by atoms with Gasteiger partial charge in [0.05, 0.1) is 11.1 Å². The molecule has 0 unspecified atom stereocenters. The molecule has 1 atom stereocenters. The first-order valence-electron chi connectivity index (χ1n) is 8.59. The van der Waals surface area contributed by atoms with Gasteiger partial charge in [0.15, 0.2) is 11.6 Å². The smallest absolute Gasteiger partial charge is 0.374 e. The number of amides is 1. The van der Waals surface area contributed by atoms with Crippen LogP contribution in [0.2, 0.25) is 0 Å². The lowest BCUT2D eigenvalue weighted by Gasteiger charge is -2.33. The number of nitrogens with two attached hydrogens (primary N) is 1. The highest BCUT2D eigenvalue weighted by atomic mass is 19.4. The van der Waals surface area contributed by atoms with Crippen LogP contribution in [0.25, 0.3) is 11.3 Å². The van der Waals surface area contributed by atoms with Crippen LogP contribution >= 0.6 is 0 Å². The zero-order chi connectivity index (χ0) is 23.1. The van der Waals surface area contributed by atoms with Crippen molar-refractivity contribution in [2.24, 2.45) is 5.73 Å². The summed E-state index contributed by atoms with van der Waals surface area (Å²) < 4.78 is 84.4. The SMILES string of the molecule is CC(=O)NC(C)(C)c1c(F)c(-c2ccc(F)cc2)nc([C@](O)(CN)C(F)(F)F)c1F. The third-order valence-corrected chi connectivity index (χ3v) is 4.47. The Morgan fingerprint density at radius 1 is 1.10 bits per heavy atom. The Morgan fingerprint density at radius 2 is 1.63 bits per heavy atom. The van der Waals surface area contributed by atoms with E-state index in [-0.39, 0.29) is 5.56 Å². The van der Waals surface area contributed by atoms with Crippen LogP contribution in [0.5, 0.6) is 0 Å². The number of alkyl halides is 3. The Balaban J connectivity index is 2.97. The Labute approximate surface area is 167 Å². The molecule has 30 heavy (non-hydrogen) atoms. The number of carbonyl (C=O) groups excluding carboxylic acids is 1. The van der Waals surface area contributed by atoms with Crippen LogP contribution in [-0.2, 0) is 15.9 Å². The molecule has 0 spiro atoms. The first-order valence-corrected chi connectivity index (χ1v) is 8.59. The molecule has 11 heteroatoms. The van der Waals surface area contributed by atoms with Gasteiger partial charge in [-0.05, 0) is 38.1 Å². The summed E-state index contributed by atoms with van der Waals surface area (Å²) in [6, 6.07) is 3.84. The molecule has 4 N–H and O–H groups in total. The average molecular weight is 435 g/mol. The number of benzene rings is 1. The second kappa shape index (κ2) is 7.88. The summed E-state index contributed by atoms with van der Waals surface area (Å²) in [5, 5.41) is 12.4. The molecule has 0 saturated carbocycles. The van der Waals surface area contributed by atoms with E-state index < -0.39 is 64.2 Å². The van der Waals surface area contributed by atoms with Gasteiger partial charge in [0.2, 0.25) is 11.5 Å². The predicted octanol–water partition coefficient (Wildman–Crippen LogP) is 3.25. The summed E-state index contributed by atoms with van der Waals surface area (Å²) in [4.78, 5) is 14.9. The van der Waals surface area contributed by atoms with Gasteiger partial charge in [0.1, 0.15) is 17.2 Å². The summed E-state index contributed by atoms with van der Waals surface area (Å²) in [7, 11) is 0. The summed E-state index contributed by atoms with van der Waals surface area (Å²) in [6.45, 7) is 1.85. The van der Waals surface area contributed by atoms with Crippen LogP contribution in [0.4, 0.5) is 26.3 Å². The third-order valence-electron chi connectivity index (χ3n) is 4.47. The van der Waals surface area contributed by atoms with Gasteiger partial charge in [-0.25, -0.2) is 18.2 Å². The second-order valence-electron chi connectivity index (χ2n) is 7.19. The molecule has 0 fully saturated rings. The fourth-order valence-corrected chi connectivity index (χ4v) is 3.01. The van der Waals surface area contributed by atoms with Crippen molar-refractivity contribution in [1.82, 2.24) is 10.3 Å². The molecule has 0 bridgehead atoms. The summed E-state index contributed by atoms with van der Waals surface area (Å²) in [5.41, 5.74) is -4.20. The highest BCUT2D eigenvalue weighted by molar-refractivity contribution is 5.74. The van der Waals surface area contributed by atoms with Crippen molar-refractivity contribution in [1.29, 1.82) is 0 Å². The maximum Gasteiger partial charge on any atom is 0.424 e. The first kappa shape index (κ1) is 23.6. The molecule has 0 saturated heterocycles. The Bertz CT molecular complexity index is 960. The molecule has 1 aromatic carbocycles. The summed E-state index contributed by atoms with van der Waals surface area (Å²) in [5.74, 6) is -4.63. The third kappa shape index (κ3) is 4.12. The van der Waals surface area contributed by atoms with Crippen molar-refractivity contribution < 1.29 is 36.2 Å². The van der Waals surface area contributed by atoms with E-state index in [9.17, 15) is 27.5 Å². The van der Waals surface area contributed by atoms with Crippen molar-refractivity contribution in [2.75, 3.05) is 6.54 Å². The lowest BCUT2D eigenvalue weighted by atomic mass is 9.87. The standard InChI is InChI=1S/C19H19F6N3O2/c1-9(29)28-17(2,3)12-13(21)15(10-4-6-11(20)7-5-10)27-16(14(12)22)18(30,8-26)19(23,24)25/h4-7,30H,8,26H2,1-3H3,(H,28,29)/t18-/m1/s1. The van der Waals surface area contributed by atoms with Gasteiger partial charge >= 0.3 is 6.18 Å². The predicted molar refractivity (Wildman–Crippen MR) is 95.4 cm³/mol. The normalized spacial score (nSPS) is 14.4. The average Bonchev–Trinajstić information content (AvgIpc) is 2.60. The molecule has 5 nitrogen and oxygen atoms in total. The quantitative estimate of drug-likeness (QED) is 0.630. The topological polar surface area (TPSA) is 88.2 Å². The van der Waals surface area contributed by atoms with Gasteiger partial charge in [0.25, 0.3) is 0 Å². The number of aliphatic hydroxyl groups is 1. The van der Waals surface area contributed by atoms with E-state index in [1.807, 2.05) is 0 Å². The largest absolute Gasteiger partial charge is 0.424 e. The van der Waals surface area contributed by atoms with Crippen molar-refractivity contribution >= 4 is 5.91 Å². The van der Waals surface area contributed by atoms with Crippen molar-refractivity contribution in [3.8, 4) is 11.3 Å². The fourth-order valence-electron chi connectivity index (χ4n) is 3.01. The first-order chi connectivity index (χ1) is 13.7. The van der Waals surface area contributed by atoms with Gasteiger partial charge in [-0.3, -0.25) is 4.79 Å². The van der Waals surface area contributed by atoms with Crippen LogP contribution in [0, 0.1) is 17.5 Å². The molecular formula is C19H19F6N3O2. The molecule has 2 rings (SSSR count). The van der Waals surface area contributed by atoms with E-state index in [0.29, 0.717) is 0 Å². The maximum atomic E-state index is 15.3. The maximum absolute atomic E-state index is 15.3. The van der Waals surface area contributed by atoms with E-state index >= 15 is 8.78 Å². The number of nitrogens with one attached hydrogen (secondary N) is 1. The molecule has 0 aliphatic rings. The number of carbonyl (C=O) groups is 1. The highest BCUT2D eigenvalue weighted by Crippen LogP contribution is 2.42. The number of rotatable bonds is 5. The van der Waals surface area contributed by atoms with Crippen LogP contribution < -0.4 is 11.1 Å². The van der Waals surface area contributed by atoms with E-state index in [1.165, 1.54) is 0 Å². The van der Waals surface area contributed by atoms with Gasteiger partial charge < -0.3 is 16.2 Å². The minimum Gasteiger partial charge on any atom is -0.374 e. The molecule has 2 aromatic rings. The lowest BCUT2D eigenvalue weighted by molar-refractivity contribution is -0.264. The fraction of sp³-hybridized carbons (Fsp3) is 0.368. The molecule has 1 aromatic heterocycles. The number of nitrogens with zero attached hydrogens (tertiary/aromatic N) is 1. The Kier molecular flexibility index (Phi) is 6.20. The number of hydrogen-bond acceptors (Lipinski definition) is 4. The zero-order valence-electron chi connectivity index (χ0n) is 16.2. The zero-order valence-corrected chi connectivity index (χ0v) is 16.2. The van der Waals surface area contributed by atoms with E-state index in [0.717, 1.165) is 45.0 Å². The van der Waals surface area contributed by atoms with Gasteiger partial charge in [-0.1, -0.05) is 0 Å². The molecule has 1 amide bonds. The Morgan fingerprint density at radius 3 is 2.07 bits per heavy atom.